The first-order valence-electron chi connectivity index (χ1n) is 5.86. The Morgan fingerprint density at radius 1 is 1.20 bits per heavy atom. The molecule has 0 atom stereocenters. The van der Waals surface area contributed by atoms with Crippen molar-refractivity contribution in [3.8, 4) is 17.6 Å². The van der Waals surface area contributed by atoms with Gasteiger partial charge in [-0.05, 0) is 36.8 Å². The Hall–Kier alpha value is -3.00. The number of amides is 1. The summed E-state index contributed by atoms with van der Waals surface area (Å²) in [6.45, 7) is 1.78. The monoisotopic (exact) mass is 268 g/mol. The van der Waals surface area contributed by atoms with Crippen LogP contribution >= 0.6 is 0 Å². The molecule has 0 bridgehead atoms. The minimum absolute atomic E-state index is 0.186. The third-order valence-electron chi connectivity index (χ3n) is 2.87. The number of nitrogens with one attached hydrogen (secondary N) is 1. The van der Waals surface area contributed by atoms with Gasteiger partial charge in [0.05, 0.1) is 11.3 Å². The summed E-state index contributed by atoms with van der Waals surface area (Å²) in [5.41, 5.74) is 1.75. The van der Waals surface area contributed by atoms with Gasteiger partial charge in [-0.25, -0.2) is 0 Å². The van der Waals surface area contributed by atoms with Crippen LogP contribution in [0.5, 0.6) is 11.5 Å². The van der Waals surface area contributed by atoms with Crippen LogP contribution in [0.25, 0.3) is 0 Å². The fraction of sp³-hybridized carbons (Fsp3) is 0.0667. The van der Waals surface area contributed by atoms with E-state index < -0.39 is 5.91 Å². The smallest absolute Gasteiger partial charge is 0.255 e. The summed E-state index contributed by atoms with van der Waals surface area (Å²) in [5.74, 6) is -1.14. The van der Waals surface area contributed by atoms with Crippen LogP contribution in [0.1, 0.15) is 21.5 Å². The Bertz CT molecular complexity index is 718. The van der Waals surface area contributed by atoms with Gasteiger partial charge in [0.15, 0.2) is 11.5 Å². The second-order valence-corrected chi connectivity index (χ2v) is 4.27. The number of anilines is 1. The quantitative estimate of drug-likeness (QED) is 0.729. The van der Waals surface area contributed by atoms with E-state index in [0.717, 1.165) is 11.6 Å². The van der Waals surface area contributed by atoms with Crippen molar-refractivity contribution in [1.29, 1.82) is 5.26 Å². The molecular formula is C15H12N2O3. The van der Waals surface area contributed by atoms with Gasteiger partial charge in [0.1, 0.15) is 6.07 Å². The molecule has 0 aliphatic rings. The van der Waals surface area contributed by atoms with Crippen molar-refractivity contribution < 1.29 is 15.0 Å². The van der Waals surface area contributed by atoms with E-state index in [1.54, 1.807) is 25.1 Å². The zero-order chi connectivity index (χ0) is 14.7. The highest BCUT2D eigenvalue weighted by Gasteiger charge is 2.12. The molecule has 0 saturated carbocycles. The molecule has 0 fully saturated rings. The van der Waals surface area contributed by atoms with Crippen LogP contribution < -0.4 is 5.32 Å². The summed E-state index contributed by atoms with van der Waals surface area (Å²) < 4.78 is 0. The number of hydrogen-bond donors (Lipinski definition) is 3. The van der Waals surface area contributed by atoms with E-state index in [2.05, 4.69) is 5.32 Å². The van der Waals surface area contributed by atoms with Crippen molar-refractivity contribution in [2.45, 2.75) is 6.92 Å². The van der Waals surface area contributed by atoms with E-state index in [4.69, 9.17) is 5.26 Å². The summed E-state index contributed by atoms with van der Waals surface area (Å²) >= 11 is 0. The molecule has 0 aliphatic carbocycles. The summed E-state index contributed by atoms with van der Waals surface area (Å²) in [7, 11) is 0. The molecule has 0 unspecified atom stereocenters. The number of aromatic hydroxyl groups is 2. The van der Waals surface area contributed by atoms with Crippen molar-refractivity contribution in [3.05, 3.63) is 53.1 Å². The van der Waals surface area contributed by atoms with Gasteiger partial charge >= 0.3 is 0 Å². The maximum absolute atomic E-state index is 12.0. The summed E-state index contributed by atoms with van der Waals surface area (Å²) in [5, 5.41) is 30.3. The lowest BCUT2D eigenvalue weighted by Gasteiger charge is -2.09. The molecule has 2 aromatic carbocycles. The zero-order valence-electron chi connectivity index (χ0n) is 10.7. The molecule has 100 valence electrons. The van der Waals surface area contributed by atoms with Crippen LogP contribution in [0.2, 0.25) is 0 Å². The molecule has 0 aromatic heterocycles. The number of rotatable bonds is 2. The third-order valence-corrected chi connectivity index (χ3v) is 2.87. The van der Waals surface area contributed by atoms with Gasteiger partial charge in [-0.3, -0.25) is 4.79 Å². The molecule has 5 nitrogen and oxygen atoms in total. The van der Waals surface area contributed by atoms with Gasteiger partial charge < -0.3 is 15.5 Å². The number of carbonyl (C=O) groups is 1. The Balaban J connectivity index is 2.31. The van der Waals surface area contributed by atoms with Crippen LogP contribution in [0, 0.1) is 18.3 Å². The van der Waals surface area contributed by atoms with Gasteiger partial charge in [-0.15, -0.1) is 0 Å². The number of phenolic OH excluding ortho intramolecular Hbond substituents is 2. The molecule has 1 amide bonds. The van der Waals surface area contributed by atoms with Gasteiger partial charge in [-0.1, -0.05) is 12.1 Å². The Morgan fingerprint density at radius 3 is 2.60 bits per heavy atom. The predicted octanol–water partition coefficient (Wildman–Crippen LogP) is 2.53. The second kappa shape index (κ2) is 5.33. The lowest BCUT2D eigenvalue weighted by molar-refractivity contribution is 0.102. The average Bonchev–Trinajstić information content (AvgIpc) is 2.42. The molecular weight excluding hydrogens is 256 g/mol. The van der Waals surface area contributed by atoms with Gasteiger partial charge in [0.25, 0.3) is 5.91 Å². The van der Waals surface area contributed by atoms with Crippen molar-refractivity contribution in [2.75, 3.05) is 5.32 Å². The second-order valence-electron chi connectivity index (χ2n) is 4.27. The van der Waals surface area contributed by atoms with Gasteiger partial charge in [0, 0.05) is 5.56 Å². The number of nitrogens with zero attached hydrogens (tertiary/aromatic N) is 1. The Morgan fingerprint density at radius 2 is 1.95 bits per heavy atom. The summed E-state index contributed by atoms with van der Waals surface area (Å²) in [4.78, 5) is 12.0. The third kappa shape index (κ3) is 2.54. The average molecular weight is 268 g/mol. The first kappa shape index (κ1) is 13.4. The predicted molar refractivity (Wildman–Crippen MR) is 73.6 cm³/mol. The Kier molecular flexibility index (Phi) is 3.58. The molecule has 3 N–H and O–H groups in total. The van der Waals surface area contributed by atoms with Crippen LogP contribution in [-0.4, -0.2) is 16.1 Å². The lowest BCUT2D eigenvalue weighted by atomic mass is 10.1. The fourth-order valence-corrected chi connectivity index (χ4v) is 1.78. The van der Waals surface area contributed by atoms with E-state index >= 15 is 0 Å². The van der Waals surface area contributed by atoms with E-state index in [9.17, 15) is 15.0 Å². The van der Waals surface area contributed by atoms with Crippen LogP contribution in [0.3, 0.4) is 0 Å². The number of phenols is 2. The molecule has 20 heavy (non-hydrogen) atoms. The fourth-order valence-electron chi connectivity index (χ4n) is 1.78. The Labute approximate surface area is 115 Å². The lowest BCUT2D eigenvalue weighted by Crippen LogP contribution is -2.13. The SMILES string of the molecule is Cc1cccc(NC(=O)c2ccc(O)c(O)c2)c1C#N. The minimum Gasteiger partial charge on any atom is -0.504 e. The number of hydrogen-bond acceptors (Lipinski definition) is 4. The van der Waals surface area contributed by atoms with Crippen molar-refractivity contribution in [1.82, 2.24) is 0 Å². The first-order chi connectivity index (χ1) is 9.52. The normalized spacial score (nSPS) is 9.80. The standard InChI is InChI=1S/C15H12N2O3/c1-9-3-2-4-12(11(9)8-16)17-15(20)10-5-6-13(18)14(19)7-10/h2-7,18-19H,1H3,(H,17,20). The highest BCUT2D eigenvalue weighted by molar-refractivity contribution is 6.05. The number of nitriles is 1. The number of carbonyl (C=O) groups excluding carboxylic acids is 1. The van der Waals surface area contributed by atoms with Crippen LogP contribution in [0.4, 0.5) is 5.69 Å². The summed E-state index contributed by atoms with van der Waals surface area (Å²) in [6.07, 6.45) is 0. The molecule has 2 aromatic rings. The van der Waals surface area contributed by atoms with E-state index in [1.807, 2.05) is 6.07 Å². The van der Waals surface area contributed by atoms with Crippen LogP contribution in [0.15, 0.2) is 36.4 Å². The van der Waals surface area contributed by atoms with Crippen molar-refractivity contribution >= 4 is 11.6 Å². The van der Waals surface area contributed by atoms with Gasteiger partial charge in [-0.2, -0.15) is 5.26 Å². The maximum atomic E-state index is 12.0. The highest BCUT2D eigenvalue weighted by atomic mass is 16.3. The molecule has 5 heteroatoms. The molecule has 0 saturated heterocycles. The minimum atomic E-state index is -0.470. The van der Waals surface area contributed by atoms with Crippen molar-refractivity contribution in [2.24, 2.45) is 0 Å². The zero-order valence-corrected chi connectivity index (χ0v) is 10.7. The first-order valence-corrected chi connectivity index (χ1v) is 5.86. The molecule has 0 radical (unpaired) electrons. The number of aryl methyl sites for hydroxylation is 1. The number of benzene rings is 2. The van der Waals surface area contributed by atoms with Crippen LogP contribution in [-0.2, 0) is 0 Å². The maximum Gasteiger partial charge on any atom is 0.255 e. The topological polar surface area (TPSA) is 93.3 Å². The highest BCUT2D eigenvalue weighted by Crippen LogP contribution is 2.26. The molecule has 0 heterocycles. The molecule has 2 rings (SSSR count). The largest absolute Gasteiger partial charge is 0.504 e. The molecule has 0 aliphatic heterocycles. The van der Waals surface area contributed by atoms with E-state index in [-0.39, 0.29) is 17.1 Å². The van der Waals surface area contributed by atoms with E-state index in [0.29, 0.717) is 11.3 Å². The molecule has 0 spiro atoms. The van der Waals surface area contributed by atoms with Gasteiger partial charge in [0.2, 0.25) is 0 Å². The summed E-state index contributed by atoms with van der Waals surface area (Å²) in [6, 6.07) is 10.9. The van der Waals surface area contributed by atoms with E-state index in [1.165, 1.54) is 12.1 Å². The van der Waals surface area contributed by atoms with Crippen molar-refractivity contribution in [3.63, 3.8) is 0 Å².